The van der Waals surface area contributed by atoms with Gasteiger partial charge in [-0.3, -0.25) is 38.9 Å². The van der Waals surface area contributed by atoms with E-state index in [0.29, 0.717) is 29.5 Å². The van der Waals surface area contributed by atoms with Crippen molar-refractivity contribution in [3.05, 3.63) is 112 Å². The Morgan fingerprint density at radius 3 is 2.43 bits per heavy atom. The lowest BCUT2D eigenvalue weighted by Gasteiger charge is -2.32. The number of carbonyl (C=O) groups excluding carboxylic acids is 3. The second-order valence-corrected chi connectivity index (χ2v) is 17.7. The Labute approximate surface area is 354 Å². The predicted molar refractivity (Wildman–Crippen MR) is 227 cm³/mol. The van der Waals surface area contributed by atoms with Crippen molar-refractivity contribution < 1.29 is 14.4 Å². The highest BCUT2D eigenvalue weighted by atomic mass is 35.5. The van der Waals surface area contributed by atoms with Crippen LogP contribution in [0.5, 0.6) is 0 Å². The molecule has 1 N–H and O–H groups in total. The number of amides is 3. The van der Waals surface area contributed by atoms with Crippen LogP contribution >= 0.6 is 11.6 Å². The van der Waals surface area contributed by atoms with Gasteiger partial charge < -0.3 is 9.80 Å². The van der Waals surface area contributed by atoms with Crippen molar-refractivity contribution in [1.29, 1.82) is 0 Å². The minimum absolute atomic E-state index is 0.136. The van der Waals surface area contributed by atoms with Crippen LogP contribution in [0.25, 0.3) is 16.8 Å². The molecule has 3 fully saturated rings. The van der Waals surface area contributed by atoms with E-state index in [0.717, 1.165) is 128 Å². The fourth-order valence-corrected chi connectivity index (χ4v) is 9.79. The van der Waals surface area contributed by atoms with E-state index in [2.05, 4.69) is 66.2 Å². The molecule has 3 amide bonds. The molecule has 5 aromatic rings. The van der Waals surface area contributed by atoms with Gasteiger partial charge >= 0.3 is 0 Å². The molecule has 0 radical (unpaired) electrons. The SMILES string of the molecule is Cc1nnc2n1-c1ccc(-c3cnn(CCCCCCN4CCC(Cc5nccc6c5CN(C5CCC(=O)NC5=O)C6=O)CC4)c3)cc1C(c1ccc(Cl)cc1)=NC21CC1. The summed E-state index contributed by atoms with van der Waals surface area (Å²) in [4.78, 5) is 51.8. The summed E-state index contributed by atoms with van der Waals surface area (Å²) in [5.41, 5.74) is 8.47. The molecule has 1 saturated carbocycles. The fourth-order valence-electron chi connectivity index (χ4n) is 9.66. The molecule has 308 valence electrons. The Hall–Kier alpha value is -5.53. The monoisotopic (exact) mass is 824 g/mol. The van der Waals surface area contributed by atoms with Gasteiger partial charge in [0.05, 0.1) is 17.6 Å². The highest BCUT2D eigenvalue weighted by Crippen LogP contribution is 2.52. The number of benzene rings is 2. The highest BCUT2D eigenvalue weighted by Gasteiger charge is 2.51. The molecule has 1 unspecified atom stereocenters. The van der Waals surface area contributed by atoms with Crippen LogP contribution in [-0.4, -0.2) is 88.4 Å². The quantitative estimate of drug-likeness (QED) is 0.110. The lowest BCUT2D eigenvalue weighted by molar-refractivity contribution is -0.136. The summed E-state index contributed by atoms with van der Waals surface area (Å²) in [6.45, 7) is 6.54. The van der Waals surface area contributed by atoms with Gasteiger partial charge in [-0.2, -0.15) is 5.10 Å². The number of hydrogen-bond donors (Lipinski definition) is 1. The Morgan fingerprint density at radius 1 is 0.867 bits per heavy atom. The van der Waals surface area contributed by atoms with Crippen molar-refractivity contribution in [3.63, 3.8) is 0 Å². The van der Waals surface area contributed by atoms with E-state index < -0.39 is 6.04 Å². The third kappa shape index (κ3) is 7.36. The average Bonchev–Trinajstić information content (AvgIpc) is 3.53. The summed E-state index contributed by atoms with van der Waals surface area (Å²) in [7, 11) is 0. The van der Waals surface area contributed by atoms with Crippen molar-refractivity contribution >= 4 is 35.0 Å². The molecule has 1 atom stereocenters. The van der Waals surface area contributed by atoms with Crippen molar-refractivity contribution in [2.24, 2.45) is 10.9 Å². The summed E-state index contributed by atoms with van der Waals surface area (Å²) in [5.74, 6) is 1.50. The molecule has 13 nitrogen and oxygen atoms in total. The van der Waals surface area contributed by atoms with Gasteiger partial charge in [-0.15, -0.1) is 10.2 Å². The van der Waals surface area contributed by atoms with Gasteiger partial charge in [0.25, 0.3) is 5.91 Å². The smallest absolute Gasteiger partial charge is 0.255 e. The van der Waals surface area contributed by atoms with E-state index in [1.54, 1.807) is 17.2 Å². The maximum atomic E-state index is 13.3. The number of piperidine rings is 2. The third-order valence-corrected chi connectivity index (χ3v) is 13.5. The summed E-state index contributed by atoms with van der Waals surface area (Å²) < 4.78 is 4.26. The van der Waals surface area contributed by atoms with Crippen molar-refractivity contribution in [2.75, 3.05) is 19.6 Å². The number of nitrogens with one attached hydrogen (secondary N) is 1. The maximum Gasteiger partial charge on any atom is 0.255 e. The van der Waals surface area contributed by atoms with Gasteiger partial charge in [0.1, 0.15) is 17.4 Å². The second-order valence-electron chi connectivity index (χ2n) is 17.2. The molecule has 2 saturated heterocycles. The highest BCUT2D eigenvalue weighted by molar-refractivity contribution is 6.30. The summed E-state index contributed by atoms with van der Waals surface area (Å²) in [5, 5.41) is 16.9. The van der Waals surface area contributed by atoms with Gasteiger partial charge in [0.15, 0.2) is 5.82 Å². The molecule has 10 rings (SSSR count). The zero-order valence-electron chi connectivity index (χ0n) is 33.9. The first kappa shape index (κ1) is 38.7. The van der Waals surface area contributed by atoms with Gasteiger partial charge in [0, 0.05) is 70.4 Å². The van der Waals surface area contributed by atoms with Crippen molar-refractivity contribution in [3.8, 4) is 16.8 Å². The second kappa shape index (κ2) is 15.8. The van der Waals surface area contributed by atoms with Crippen LogP contribution in [0.1, 0.15) is 109 Å². The van der Waals surface area contributed by atoms with Crippen LogP contribution in [0, 0.1) is 12.8 Å². The predicted octanol–water partition coefficient (Wildman–Crippen LogP) is 6.60. The Morgan fingerprint density at radius 2 is 1.65 bits per heavy atom. The first-order chi connectivity index (χ1) is 29.2. The molecule has 1 aliphatic carbocycles. The zero-order valence-corrected chi connectivity index (χ0v) is 34.7. The standard InChI is InChI=1S/C46H49ClN10O3/c1-29-52-53-45-46(17-18-46)51-42(31-6-9-34(47)10-7-31)36-25-32(8-11-39(36)57(29)45)33-26-49-55(27-33)21-5-3-2-4-20-54-22-15-30(16-23-54)24-38-37-28-56(44(60)35(37)14-19-48-38)40-12-13-41(58)50-43(40)59/h6-11,14,19,25-27,30,40H,2-5,12-13,15-18,20-24,28H2,1H3,(H,50,58,59). The van der Waals surface area contributed by atoms with E-state index in [1.807, 2.05) is 25.3 Å². The van der Waals surface area contributed by atoms with E-state index in [9.17, 15) is 14.4 Å². The number of imide groups is 1. The van der Waals surface area contributed by atoms with E-state index in [1.165, 1.54) is 12.8 Å². The minimum atomic E-state index is -0.606. The first-order valence-corrected chi connectivity index (χ1v) is 21.9. The maximum absolute atomic E-state index is 13.3. The van der Waals surface area contributed by atoms with Crippen molar-refractivity contribution in [2.45, 2.75) is 102 Å². The molecule has 14 heteroatoms. The van der Waals surface area contributed by atoms with Crippen molar-refractivity contribution in [1.82, 2.24) is 44.6 Å². The molecular weight excluding hydrogens is 776 g/mol. The van der Waals surface area contributed by atoms with Crippen LogP contribution in [0.2, 0.25) is 5.02 Å². The molecule has 7 heterocycles. The van der Waals surface area contributed by atoms with E-state index in [-0.39, 0.29) is 29.7 Å². The number of unbranched alkanes of at least 4 members (excludes halogenated alkanes) is 3. The number of fused-ring (bicyclic) bond motifs is 5. The zero-order chi connectivity index (χ0) is 41.0. The van der Waals surface area contributed by atoms with Gasteiger partial charge in [-0.1, -0.05) is 42.6 Å². The summed E-state index contributed by atoms with van der Waals surface area (Å²) >= 11 is 6.30. The molecule has 5 aliphatic rings. The molecule has 2 aromatic carbocycles. The Bertz CT molecular complexity index is 2510. The number of likely N-dealkylation sites (tertiary alicyclic amines) is 1. The average molecular weight is 825 g/mol. The largest absolute Gasteiger partial charge is 0.322 e. The Balaban J connectivity index is 0.702. The number of nitrogens with zero attached hydrogens (tertiary/aromatic N) is 9. The number of rotatable bonds is 12. The molecule has 1 spiro atoms. The number of aromatic nitrogens is 6. The summed E-state index contributed by atoms with van der Waals surface area (Å²) in [6.07, 6.45) is 16.1. The normalized spacial score (nSPS) is 19.8. The number of carbonyl (C=O) groups is 3. The van der Waals surface area contributed by atoms with Crippen LogP contribution in [0.3, 0.4) is 0 Å². The van der Waals surface area contributed by atoms with Crippen LogP contribution in [-0.2, 0) is 34.6 Å². The third-order valence-electron chi connectivity index (χ3n) is 13.2. The number of pyridine rings is 1. The number of hydrogen-bond acceptors (Lipinski definition) is 9. The fraction of sp³-hybridized carbons (Fsp3) is 0.435. The number of halogens is 1. The first-order valence-electron chi connectivity index (χ1n) is 21.5. The molecule has 4 aliphatic heterocycles. The lowest BCUT2D eigenvalue weighted by Crippen LogP contribution is -2.52. The molecule has 3 aromatic heterocycles. The van der Waals surface area contributed by atoms with Gasteiger partial charge in [-0.25, -0.2) is 0 Å². The molecule has 0 bridgehead atoms. The molecular formula is C46H49ClN10O3. The minimum Gasteiger partial charge on any atom is -0.322 e. The topological polar surface area (TPSA) is 144 Å². The van der Waals surface area contributed by atoms with Crippen LogP contribution < -0.4 is 5.32 Å². The Kier molecular flexibility index (Phi) is 10.2. The summed E-state index contributed by atoms with van der Waals surface area (Å²) in [6, 6.07) is 15.7. The van der Waals surface area contributed by atoms with Gasteiger partial charge in [0.2, 0.25) is 11.8 Å². The van der Waals surface area contributed by atoms with E-state index >= 15 is 0 Å². The van der Waals surface area contributed by atoms with E-state index in [4.69, 9.17) is 26.7 Å². The lowest BCUT2D eigenvalue weighted by atomic mass is 9.90. The molecule has 60 heavy (non-hydrogen) atoms. The van der Waals surface area contributed by atoms with Crippen LogP contribution in [0.4, 0.5) is 0 Å². The van der Waals surface area contributed by atoms with Crippen LogP contribution in [0.15, 0.2) is 72.1 Å². The number of aliphatic imine (C=N–C) groups is 1. The number of aryl methyl sites for hydroxylation is 2. The van der Waals surface area contributed by atoms with Gasteiger partial charge in [-0.05, 0) is 120 Å².